The van der Waals surface area contributed by atoms with Gasteiger partial charge in [-0.3, -0.25) is 4.79 Å². The van der Waals surface area contributed by atoms with Crippen LogP contribution in [0.15, 0.2) is 6.07 Å². The molecule has 0 atom stereocenters. The first-order valence-electron chi connectivity index (χ1n) is 5.43. The number of aliphatic carboxylic acids is 1. The second-order valence-corrected chi connectivity index (χ2v) is 5.59. The number of aryl methyl sites for hydroxylation is 2. The average Bonchev–Trinajstić information content (AvgIpc) is 2.58. The zero-order valence-corrected chi connectivity index (χ0v) is 11.3. The van der Waals surface area contributed by atoms with Gasteiger partial charge in [0.05, 0.1) is 4.88 Å². The largest absolute Gasteiger partial charge is 0.480 e. The van der Waals surface area contributed by atoms with Gasteiger partial charge in [0.1, 0.15) is 5.54 Å². The molecule has 4 nitrogen and oxygen atoms in total. The maximum atomic E-state index is 11.9. The van der Waals surface area contributed by atoms with Crippen molar-refractivity contribution in [2.24, 2.45) is 0 Å². The Morgan fingerprint density at radius 2 is 2.06 bits per heavy atom. The molecule has 1 heterocycles. The summed E-state index contributed by atoms with van der Waals surface area (Å²) in [5.41, 5.74) is -0.169. The van der Waals surface area contributed by atoms with Crippen molar-refractivity contribution in [3.63, 3.8) is 0 Å². The molecule has 0 aliphatic heterocycles. The summed E-state index contributed by atoms with van der Waals surface area (Å²) in [6.45, 7) is 6.92. The van der Waals surface area contributed by atoms with Gasteiger partial charge in [-0.25, -0.2) is 4.79 Å². The monoisotopic (exact) mass is 255 g/mol. The predicted molar refractivity (Wildman–Crippen MR) is 67.6 cm³/mol. The summed E-state index contributed by atoms with van der Waals surface area (Å²) >= 11 is 1.42. The van der Waals surface area contributed by atoms with Gasteiger partial charge in [-0.05, 0) is 38.8 Å². The highest BCUT2D eigenvalue weighted by molar-refractivity contribution is 7.14. The second-order valence-electron chi connectivity index (χ2n) is 4.45. The molecule has 94 valence electrons. The molecule has 1 aromatic rings. The van der Waals surface area contributed by atoms with E-state index in [-0.39, 0.29) is 5.91 Å². The van der Waals surface area contributed by atoms with Crippen LogP contribution in [0, 0.1) is 6.92 Å². The van der Waals surface area contributed by atoms with E-state index >= 15 is 0 Å². The van der Waals surface area contributed by atoms with Gasteiger partial charge >= 0.3 is 5.97 Å². The van der Waals surface area contributed by atoms with Crippen molar-refractivity contribution in [2.75, 3.05) is 0 Å². The minimum Gasteiger partial charge on any atom is -0.480 e. The van der Waals surface area contributed by atoms with Crippen molar-refractivity contribution >= 4 is 23.2 Å². The van der Waals surface area contributed by atoms with Crippen LogP contribution in [-0.2, 0) is 11.2 Å². The van der Waals surface area contributed by atoms with Crippen LogP contribution in [0.25, 0.3) is 0 Å². The Hall–Kier alpha value is -1.36. The number of rotatable bonds is 4. The van der Waals surface area contributed by atoms with E-state index < -0.39 is 11.5 Å². The van der Waals surface area contributed by atoms with E-state index in [4.69, 9.17) is 5.11 Å². The lowest BCUT2D eigenvalue weighted by Gasteiger charge is -2.20. The van der Waals surface area contributed by atoms with Gasteiger partial charge in [-0.2, -0.15) is 0 Å². The maximum Gasteiger partial charge on any atom is 0.328 e. The fraction of sp³-hybridized carbons (Fsp3) is 0.500. The molecule has 5 heteroatoms. The maximum absolute atomic E-state index is 11.9. The third-order valence-corrected chi connectivity index (χ3v) is 3.91. The van der Waals surface area contributed by atoms with Crippen LogP contribution in [-0.4, -0.2) is 22.5 Å². The van der Waals surface area contributed by atoms with Crippen molar-refractivity contribution in [3.05, 3.63) is 21.4 Å². The minimum absolute atomic E-state index is 0.329. The fourth-order valence-corrected chi connectivity index (χ4v) is 2.39. The van der Waals surface area contributed by atoms with Crippen LogP contribution < -0.4 is 5.32 Å². The highest BCUT2D eigenvalue weighted by Gasteiger charge is 2.29. The van der Waals surface area contributed by atoms with E-state index in [1.165, 1.54) is 25.2 Å². The molecule has 17 heavy (non-hydrogen) atoms. The number of nitrogens with one attached hydrogen (secondary N) is 1. The van der Waals surface area contributed by atoms with E-state index in [2.05, 4.69) is 5.32 Å². The van der Waals surface area contributed by atoms with Crippen LogP contribution in [0.1, 0.15) is 40.9 Å². The van der Waals surface area contributed by atoms with Gasteiger partial charge in [0, 0.05) is 4.88 Å². The predicted octanol–water partition coefficient (Wildman–Crippen LogP) is 2.21. The molecular formula is C12H17NO3S. The lowest BCUT2D eigenvalue weighted by molar-refractivity contribution is -0.143. The zero-order chi connectivity index (χ0) is 13.2. The number of carboxylic acid groups (broad SMARTS) is 1. The first kappa shape index (κ1) is 13.7. The number of carbonyl (C=O) groups is 2. The average molecular weight is 255 g/mol. The zero-order valence-electron chi connectivity index (χ0n) is 10.5. The molecule has 0 spiro atoms. The molecule has 0 aliphatic carbocycles. The van der Waals surface area contributed by atoms with Gasteiger partial charge < -0.3 is 10.4 Å². The molecule has 0 aliphatic rings. The third-order valence-electron chi connectivity index (χ3n) is 2.53. The molecule has 0 aromatic carbocycles. The molecule has 0 saturated heterocycles. The van der Waals surface area contributed by atoms with E-state index in [1.54, 1.807) is 6.07 Å². The first-order chi connectivity index (χ1) is 7.77. The van der Waals surface area contributed by atoms with Crippen LogP contribution >= 0.6 is 11.3 Å². The first-order valence-corrected chi connectivity index (χ1v) is 6.24. The SMILES string of the molecule is CCc1sc(C(=O)NC(C)(C)C(=O)O)cc1C. The Morgan fingerprint density at radius 3 is 2.47 bits per heavy atom. The molecule has 2 N–H and O–H groups in total. The van der Waals surface area contributed by atoms with Crippen molar-refractivity contribution in [3.8, 4) is 0 Å². The van der Waals surface area contributed by atoms with Crippen molar-refractivity contribution in [1.82, 2.24) is 5.32 Å². The minimum atomic E-state index is -1.25. The molecule has 0 radical (unpaired) electrons. The Balaban J connectivity index is 2.87. The quantitative estimate of drug-likeness (QED) is 0.867. The summed E-state index contributed by atoms with van der Waals surface area (Å²) in [4.78, 5) is 24.5. The molecule has 0 unspecified atom stereocenters. The Morgan fingerprint density at radius 1 is 1.47 bits per heavy atom. The molecule has 1 aromatic heterocycles. The Kier molecular flexibility index (Phi) is 3.93. The number of carbonyl (C=O) groups excluding carboxylic acids is 1. The number of hydrogen-bond donors (Lipinski definition) is 2. The molecular weight excluding hydrogens is 238 g/mol. The van der Waals surface area contributed by atoms with Crippen LogP contribution in [0.3, 0.4) is 0 Å². The van der Waals surface area contributed by atoms with E-state index in [9.17, 15) is 9.59 Å². The number of amides is 1. The summed E-state index contributed by atoms with van der Waals surface area (Å²) in [7, 11) is 0. The standard InChI is InChI=1S/C12H17NO3S/c1-5-8-7(2)6-9(17-8)10(14)13-12(3,4)11(15)16/h6H,5H2,1-4H3,(H,13,14)(H,15,16). The Bertz CT molecular complexity index is 449. The van der Waals surface area contributed by atoms with Crippen molar-refractivity contribution in [1.29, 1.82) is 0 Å². The summed E-state index contributed by atoms with van der Waals surface area (Å²) in [5, 5.41) is 11.4. The molecule has 0 saturated carbocycles. The molecule has 1 rings (SSSR count). The molecule has 1 amide bonds. The second kappa shape index (κ2) is 4.87. The summed E-state index contributed by atoms with van der Waals surface area (Å²) < 4.78 is 0. The van der Waals surface area contributed by atoms with Crippen LogP contribution in [0.2, 0.25) is 0 Å². The number of carboxylic acids is 1. The van der Waals surface area contributed by atoms with E-state index in [1.807, 2.05) is 13.8 Å². The van der Waals surface area contributed by atoms with Crippen LogP contribution in [0.4, 0.5) is 0 Å². The van der Waals surface area contributed by atoms with Crippen molar-refractivity contribution in [2.45, 2.75) is 39.7 Å². The normalized spacial score (nSPS) is 11.3. The summed E-state index contributed by atoms with van der Waals surface area (Å²) in [6, 6.07) is 1.80. The number of thiophene rings is 1. The summed E-state index contributed by atoms with van der Waals surface area (Å²) in [5.74, 6) is -1.37. The lowest BCUT2D eigenvalue weighted by atomic mass is 10.1. The third kappa shape index (κ3) is 3.06. The van der Waals surface area contributed by atoms with Gasteiger partial charge in [0.2, 0.25) is 0 Å². The lowest BCUT2D eigenvalue weighted by Crippen LogP contribution is -2.49. The van der Waals surface area contributed by atoms with Crippen molar-refractivity contribution < 1.29 is 14.7 Å². The molecule has 0 bridgehead atoms. The molecule has 0 fully saturated rings. The van der Waals surface area contributed by atoms with E-state index in [0.29, 0.717) is 4.88 Å². The summed E-state index contributed by atoms with van der Waals surface area (Å²) in [6.07, 6.45) is 0.881. The topological polar surface area (TPSA) is 66.4 Å². The van der Waals surface area contributed by atoms with Gasteiger partial charge in [0.15, 0.2) is 0 Å². The fourth-order valence-electron chi connectivity index (χ4n) is 1.38. The van der Waals surface area contributed by atoms with Gasteiger partial charge in [-0.1, -0.05) is 6.92 Å². The van der Waals surface area contributed by atoms with E-state index in [0.717, 1.165) is 16.9 Å². The Labute approximate surface area is 105 Å². The highest BCUT2D eigenvalue weighted by atomic mass is 32.1. The smallest absolute Gasteiger partial charge is 0.328 e. The number of hydrogen-bond acceptors (Lipinski definition) is 3. The van der Waals surface area contributed by atoms with Gasteiger partial charge in [0.25, 0.3) is 5.91 Å². The van der Waals surface area contributed by atoms with Gasteiger partial charge in [-0.15, -0.1) is 11.3 Å². The van der Waals surface area contributed by atoms with Crippen LogP contribution in [0.5, 0.6) is 0 Å². The highest BCUT2D eigenvalue weighted by Crippen LogP contribution is 2.22.